The van der Waals surface area contributed by atoms with Crippen LogP contribution in [0.5, 0.6) is 5.75 Å². The van der Waals surface area contributed by atoms with Crippen LogP contribution < -0.4 is 4.74 Å². The predicted octanol–water partition coefficient (Wildman–Crippen LogP) is 2.08. The molecule has 0 aliphatic heterocycles. The molecule has 0 atom stereocenters. The van der Waals surface area contributed by atoms with Crippen molar-refractivity contribution in [2.24, 2.45) is 0 Å². The average Bonchev–Trinajstić information content (AvgIpc) is 2.19. The van der Waals surface area contributed by atoms with Crippen LogP contribution in [0.2, 0.25) is 0 Å². The summed E-state index contributed by atoms with van der Waals surface area (Å²) in [5.74, 6) is -0.156. The Balaban J connectivity index is 2.42. The summed E-state index contributed by atoms with van der Waals surface area (Å²) in [7, 11) is 0. The van der Waals surface area contributed by atoms with E-state index in [-0.39, 0.29) is 12.7 Å². The number of aliphatic carboxylic acids is 1. The minimum absolute atomic E-state index is 0.147. The summed E-state index contributed by atoms with van der Waals surface area (Å²) in [6.45, 7) is 3.95. The molecule has 0 aliphatic rings. The lowest BCUT2D eigenvalue weighted by molar-refractivity contribution is -0.142. The highest BCUT2D eigenvalue weighted by Crippen LogP contribution is 2.14. The van der Waals surface area contributed by atoms with E-state index in [1.807, 2.05) is 38.1 Å². The van der Waals surface area contributed by atoms with Gasteiger partial charge in [0.2, 0.25) is 0 Å². The highest BCUT2D eigenvalue weighted by atomic mass is 16.5. The predicted molar refractivity (Wildman–Crippen MR) is 59.5 cm³/mol. The quantitative estimate of drug-likeness (QED) is 0.803. The summed E-state index contributed by atoms with van der Waals surface area (Å²) >= 11 is 0. The van der Waals surface area contributed by atoms with E-state index in [4.69, 9.17) is 14.6 Å². The summed E-state index contributed by atoms with van der Waals surface area (Å²) < 4.78 is 10.4. The molecule has 0 heterocycles. The van der Waals surface area contributed by atoms with E-state index in [9.17, 15) is 4.79 Å². The van der Waals surface area contributed by atoms with Gasteiger partial charge in [0.25, 0.3) is 0 Å². The van der Waals surface area contributed by atoms with Crippen LogP contribution in [0.1, 0.15) is 19.4 Å². The molecule has 88 valence electrons. The Bertz CT molecular complexity index is 329. The van der Waals surface area contributed by atoms with Gasteiger partial charge in [0.15, 0.2) is 0 Å². The van der Waals surface area contributed by atoms with Crippen molar-refractivity contribution < 1.29 is 19.4 Å². The van der Waals surface area contributed by atoms with E-state index < -0.39 is 5.97 Å². The van der Waals surface area contributed by atoms with E-state index in [2.05, 4.69) is 0 Å². The fourth-order valence-corrected chi connectivity index (χ4v) is 1.19. The topological polar surface area (TPSA) is 55.8 Å². The zero-order valence-electron chi connectivity index (χ0n) is 9.47. The minimum Gasteiger partial charge on any atom is -0.491 e. The summed E-state index contributed by atoms with van der Waals surface area (Å²) in [4.78, 5) is 10.2. The SMILES string of the molecule is CC(C)Oc1ccc(COCC(=O)O)cc1. The molecular weight excluding hydrogens is 208 g/mol. The Hall–Kier alpha value is -1.55. The lowest BCUT2D eigenvalue weighted by atomic mass is 10.2. The van der Waals surface area contributed by atoms with Crippen molar-refractivity contribution in [3.63, 3.8) is 0 Å². The standard InChI is InChI=1S/C12H16O4/c1-9(2)16-11-5-3-10(4-6-11)7-15-8-12(13)14/h3-6,9H,7-8H2,1-2H3,(H,13,14). The number of benzene rings is 1. The van der Waals surface area contributed by atoms with Crippen molar-refractivity contribution in [3.05, 3.63) is 29.8 Å². The van der Waals surface area contributed by atoms with Crippen molar-refractivity contribution in [2.75, 3.05) is 6.61 Å². The maximum atomic E-state index is 10.2. The lowest BCUT2D eigenvalue weighted by Crippen LogP contribution is -2.07. The highest BCUT2D eigenvalue weighted by molar-refractivity contribution is 5.67. The van der Waals surface area contributed by atoms with Gasteiger partial charge in [0.05, 0.1) is 12.7 Å². The largest absolute Gasteiger partial charge is 0.491 e. The molecule has 0 bridgehead atoms. The molecule has 0 fully saturated rings. The first-order chi connectivity index (χ1) is 7.58. The summed E-state index contributed by atoms with van der Waals surface area (Å²) in [5, 5.41) is 8.39. The number of ether oxygens (including phenoxy) is 2. The molecule has 0 saturated heterocycles. The van der Waals surface area contributed by atoms with Gasteiger partial charge in [0, 0.05) is 0 Å². The van der Waals surface area contributed by atoms with Gasteiger partial charge in [0.1, 0.15) is 12.4 Å². The van der Waals surface area contributed by atoms with E-state index in [0.717, 1.165) is 11.3 Å². The van der Waals surface area contributed by atoms with Crippen LogP contribution in [0.25, 0.3) is 0 Å². The third-order valence-electron chi connectivity index (χ3n) is 1.79. The highest BCUT2D eigenvalue weighted by Gasteiger charge is 2.00. The Morgan fingerprint density at radius 2 is 1.94 bits per heavy atom. The second-order valence-corrected chi connectivity index (χ2v) is 3.70. The molecule has 0 saturated carbocycles. The Kier molecular flexibility index (Phi) is 4.79. The molecule has 0 unspecified atom stereocenters. The van der Waals surface area contributed by atoms with E-state index in [1.165, 1.54) is 0 Å². The Morgan fingerprint density at radius 3 is 2.44 bits per heavy atom. The lowest BCUT2D eigenvalue weighted by Gasteiger charge is -2.09. The third-order valence-corrected chi connectivity index (χ3v) is 1.79. The molecule has 16 heavy (non-hydrogen) atoms. The van der Waals surface area contributed by atoms with Crippen molar-refractivity contribution in [2.45, 2.75) is 26.6 Å². The van der Waals surface area contributed by atoms with Gasteiger partial charge in [-0.1, -0.05) is 12.1 Å². The number of carboxylic acids is 1. The maximum Gasteiger partial charge on any atom is 0.329 e. The van der Waals surface area contributed by atoms with Gasteiger partial charge in [-0.05, 0) is 31.5 Å². The Morgan fingerprint density at radius 1 is 1.31 bits per heavy atom. The number of hydrogen-bond acceptors (Lipinski definition) is 3. The first-order valence-corrected chi connectivity index (χ1v) is 5.13. The molecule has 0 aliphatic carbocycles. The van der Waals surface area contributed by atoms with Crippen LogP contribution in [0.15, 0.2) is 24.3 Å². The van der Waals surface area contributed by atoms with Gasteiger partial charge >= 0.3 is 5.97 Å². The maximum absolute atomic E-state index is 10.2. The molecule has 4 nitrogen and oxygen atoms in total. The third kappa shape index (κ3) is 4.79. The first kappa shape index (κ1) is 12.5. The molecular formula is C12H16O4. The van der Waals surface area contributed by atoms with Gasteiger partial charge in [-0.2, -0.15) is 0 Å². The number of carbonyl (C=O) groups is 1. The van der Waals surface area contributed by atoms with Crippen LogP contribution >= 0.6 is 0 Å². The fourth-order valence-electron chi connectivity index (χ4n) is 1.19. The first-order valence-electron chi connectivity index (χ1n) is 5.13. The number of hydrogen-bond donors (Lipinski definition) is 1. The van der Waals surface area contributed by atoms with Gasteiger partial charge in [-0.15, -0.1) is 0 Å². The van der Waals surface area contributed by atoms with E-state index in [1.54, 1.807) is 0 Å². The fraction of sp³-hybridized carbons (Fsp3) is 0.417. The zero-order valence-corrected chi connectivity index (χ0v) is 9.47. The minimum atomic E-state index is -0.959. The number of rotatable bonds is 6. The molecule has 0 amide bonds. The van der Waals surface area contributed by atoms with E-state index in [0.29, 0.717) is 6.61 Å². The van der Waals surface area contributed by atoms with E-state index >= 15 is 0 Å². The summed E-state index contributed by atoms with van der Waals surface area (Å²) in [6.07, 6.45) is 0.147. The Labute approximate surface area is 94.8 Å². The van der Waals surface area contributed by atoms with Crippen LogP contribution in [0.4, 0.5) is 0 Å². The number of carboxylic acid groups (broad SMARTS) is 1. The van der Waals surface area contributed by atoms with Gasteiger partial charge < -0.3 is 14.6 Å². The second-order valence-electron chi connectivity index (χ2n) is 3.70. The average molecular weight is 224 g/mol. The summed E-state index contributed by atoms with van der Waals surface area (Å²) in [6, 6.07) is 7.41. The molecule has 0 aromatic heterocycles. The van der Waals surface area contributed by atoms with Crippen molar-refractivity contribution >= 4 is 5.97 Å². The van der Waals surface area contributed by atoms with Crippen LogP contribution in [0, 0.1) is 0 Å². The molecule has 1 aromatic rings. The van der Waals surface area contributed by atoms with Crippen molar-refractivity contribution in [3.8, 4) is 5.75 Å². The zero-order chi connectivity index (χ0) is 12.0. The molecule has 1 N–H and O–H groups in total. The molecule has 1 aromatic carbocycles. The van der Waals surface area contributed by atoms with Crippen LogP contribution in [0.3, 0.4) is 0 Å². The molecule has 0 radical (unpaired) electrons. The second kappa shape index (κ2) is 6.12. The van der Waals surface area contributed by atoms with Crippen molar-refractivity contribution in [1.82, 2.24) is 0 Å². The molecule has 1 rings (SSSR count). The van der Waals surface area contributed by atoms with Crippen LogP contribution in [-0.2, 0) is 16.1 Å². The van der Waals surface area contributed by atoms with Gasteiger partial charge in [-0.25, -0.2) is 4.79 Å². The normalized spacial score (nSPS) is 10.4. The van der Waals surface area contributed by atoms with Crippen LogP contribution in [-0.4, -0.2) is 23.8 Å². The smallest absolute Gasteiger partial charge is 0.329 e. The van der Waals surface area contributed by atoms with Crippen molar-refractivity contribution in [1.29, 1.82) is 0 Å². The summed E-state index contributed by atoms with van der Waals surface area (Å²) in [5.41, 5.74) is 0.928. The molecule has 0 spiro atoms. The monoisotopic (exact) mass is 224 g/mol. The van der Waals surface area contributed by atoms with Gasteiger partial charge in [-0.3, -0.25) is 0 Å². The molecule has 4 heteroatoms.